The van der Waals surface area contributed by atoms with E-state index in [4.69, 9.17) is 4.74 Å². The summed E-state index contributed by atoms with van der Waals surface area (Å²) in [5, 5.41) is 1.86. The Morgan fingerprint density at radius 1 is 1.03 bits per heavy atom. The van der Waals surface area contributed by atoms with E-state index in [-0.39, 0.29) is 10.8 Å². The highest BCUT2D eigenvalue weighted by Gasteiger charge is 2.40. The van der Waals surface area contributed by atoms with Crippen molar-refractivity contribution in [3.8, 4) is 5.75 Å². The number of fused-ring (bicyclic) bond motifs is 3. The standard InChI is InChI=1S/C23H21N3O4S/c1-30-16-8-10-17(11-9-16)31(28,29)25-14-4-7-21(25)23(27)26-20-6-3-2-5-18(20)19-12-13-24-15-22(19)26/h2-3,5-6,8-13,15,21H,4,7,14H2,1H3/t21-/m0/s1. The van der Waals surface area contributed by atoms with E-state index >= 15 is 0 Å². The minimum atomic E-state index is -3.83. The number of hydrogen-bond acceptors (Lipinski definition) is 5. The van der Waals surface area contributed by atoms with E-state index in [1.54, 1.807) is 29.1 Å². The number of methoxy groups -OCH3 is 1. The molecule has 1 aliphatic heterocycles. The van der Waals surface area contributed by atoms with Crippen molar-refractivity contribution in [2.24, 2.45) is 0 Å². The molecule has 1 atom stereocenters. The Morgan fingerprint density at radius 3 is 2.55 bits per heavy atom. The van der Waals surface area contributed by atoms with Gasteiger partial charge in [0.2, 0.25) is 15.9 Å². The molecule has 1 aliphatic rings. The van der Waals surface area contributed by atoms with Gasteiger partial charge in [-0.2, -0.15) is 4.31 Å². The average Bonchev–Trinajstić information content (AvgIpc) is 3.43. The first-order valence-corrected chi connectivity index (χ1v) is 11.5. The molecule has 8 heteroatoms. The zero-order chi connectivity index (χ0) is 21.6. The minimum absolute atomic E-state index is 0.150. The second-order valence-corrected chi connectivity index (χ2v) is 9.42. The molecular formula is C23H21N3O4S. The van der Waals surface area contributed by atoms with Crippen molar-refractivity contribution in [3.05, 3.63) is 67.0 Å². The third kappa shape index (κ3) is 3.10. The largest absolute Gasteiger partial charge is 0.497 e. The predicted molar refractivity (Wildman–Crippen MR) is 118 cm³/mol. The van der Waals surface area contributed by atoms with E-state index in [0.29, 0.717) is 30.7 Å². The van der Waals surface area contributed by atoms with E-state index in [0.717, 1.165) is 16.3 Å². The molecule has 0 spiro atoms. The van der Waals surface area contributed by atoms with Crippen molar-refractivity contribution in [2.75, 3.05) is 13.7 Å². The van der Waals surface area contributed by atoms with E-state index in [1.807, 2.05) is 30.3 Å². The van der Waals surface area contributed by atoms with Gasteiger partial charge in [0.25, 0.3) is 0 Å². The van der Waals surface area contributed by atoms with Gasteiger partial charge in [-0.25, -0.2) is 8.42 Å². The van der Waals surface area contributed by atoms with E-state index in [1.165, 1.54) is 23.5 Å². The smallest absolute Gasteiger partial charge is 0.250 e. The van der Waals surface area contributed by atoms with Crippen LogP contribution in [0.5, 0.6) is 5.75 Å². The quantitative estimate of drug-likeness (QED) is 0.488. The minimum Gasteiger partial charge on any atom is -0.497 e. The Bertz CT molecular complexity index is 1340. The second-order valence-electron chi connectivity index (χ2n) is 7.53. The fourth-order valence-corrected chi connectivity index (χ4v) is 6.01. The van der Waals surface area contributed by atoms with Gasteiger partial charge in [-0.1, -0.05) is 18.2 Å². The van der Waals surface area contributed by atoms with Gasteiger partial charge in [0.1, 0.15) is 11.8 Å². The number of nitrogens with zero attached hydrogens (tertiary/aromatic N) is 3. The summed E-state index contributed by atoms with van der Waals surface area (Å²) in [6.45, 7) is 0.306. The van der Waals surface area contributed by atoms with Gasteiger partial charge in [-0.05, 0) is 49.2 Å². The molecule has 2 aromatic heterocycles. The molecule has 0 bridgehead atoms. The highest BCUT2D eigenvalue weighted by Crippen LogP contribution is 2.32. The predicted octanol–water partition coefficient (Wildman–Crippen LogP) is 3.69. The molecule has 0 unspecified atom stereocenters. The van der Waals surface area contributed by atoms with Gasteiger partial charge in [0.15, 0.2) is 0 Å². The molecule has 4 aromatic rings. The van der Waals surface area contributed by atoms with Gasteiger partial charge in [-0.3, -0.25) is 14.3 Å². The van der Waals surface area contributed by atoms with E-state index in [9.17, 15) is 13.2 Å². The van der Waals surface area contributed by atoms with Crippen molar-refractivity contribution < 1.29 is 17.9 Å². The molecule has 1 fully saturated rings. The topological polar surface area (TPSA) is 81.5 Å². The number of ether oxygens (including phenoxy) is 1. The molecule has 31 heavy (non-hydrogen) atoms. The Labute approximate surface area is 179 Å². The molecule has 3 heterocycles. The van der Waals surface area contributed by atoms with Crippen molar-refractivity contribution >= 4 is 37.7 Å². The van der Waals surface area contributed by atoms with Crippen LogP contribution in [-0.4, -0.2) is 47.9 Å². The lowest BCUT2D eigenvalue weighted by Gasteiger charge is -2.24. The van der Waals surface area contributed by atoms with Crippen LogP contribution >= 0.6 is 0 Å². The normalized spacial score (nSPS) is 17.4. The zero-order valence-electron chi connectivity index (χ0n) is 16.9. The van der Waals surface area contributed by atoms with Crippen LogP contribution in [0.25, 0.3) is 21.8 Å². The number of para-hydroxylation sites is 1. The summed E-state index contributed by atoms with van der Waals surface area (Å²) in [5.74, 6) is 0.319. The SMILES string of the molecule is COc1ccc(S(=O)(=O)N2CCC[C@H]2C(=O)n2c3ccccc3c3ccncc32)cc1. The maximum absolute atomic E-state index is 13.7. The van der Waals surface area contributed by atoms with Gasteiger partial charge in [0, 0.05) is 23.5 Å². The van der Waals surface area contributed by atoms with Crippen molar-refractivity contribution in [3.63, 3.8) is 0 Å². The molecular weight excluding hydrogens is 414 g/mol. The second kappa shape index (κ2) is 7.47. The molecule has 5 rings (SSSR count). The van der Waals surface area contributed by atoms with Gasteiger partial charge in [0.05, 0.1) is 29.2 Å². The molecule has 2 aromatic carbocycles. The summed E-state index contributed by atoms with van der Waals surface area (Å²) in [4.78, 5) is 18.1. The van der Waals surface area contributed by atoms with Crippen LogP contribution in [0.3, 0.4) is 0 Å². The Kier molecular flexibility index (Phi) is 4.75. The molecule has 0 N–H and O–H groups in total. The third-order valence-electron chi connectivity index (χ3n) is 5.85. The average molecular weight is 436 g/mol. The summed E-state index contributed by atoms with van der Waals surface area (Å²) >= 11 is 0. The first kappa shape index (κ1) is 19.7. The van der Waals surface area contributed by atoms with Crippen molar-refractivity contribution in [2.45, 2.75) is 23.8 Å². The number of carbonyl (C=O) groups is 1. The third-order valence-corrected chi connectivity index (χ3v) is 7.77. The molecule has 7 nitrogen and oxygen atoms in total. The van der Waals surface area contributed by atoms with Crippen molar-refractivity contribution in [1.29, 1.82) is 0 Å². The Morgan fingerprint density at radius 2 is 1.77 bits per heavy atom. The van der Waals surface area contributed by atoms with Crippen LogP contribution in [0, 0.1) is 0 Å². The summed E-state index contributed by atoms with van der Waals surface area (Å²) in [5.41, 5.74) is 1.44. The van der Waals surface area contributed by atoms with Crippen LogP contribution in [0.1, 0.15) is 17.6 Å². The van der Waals surface area contributed by atoms with Crippen LogP contribution in [0.15, 0.2) is 71.9 Å². The monoisotopic (exact) mass is 435 g/mol. The summed E-state index contributed by atoms with van der Waals surface area (Å²) in [6.07, 6.45) is 4.45. The van der Waals surface area contributed by atoms with Gasteiger partial charge < -0.3 is 4.74 Å². The molecule has 0 aliphatic carbocycles. The molecule has 158 valence electrons. The molecule has 0 radical (unpaired) electrons. The summed E-state index contributed by atoms with van der Waals surface area (Å²) in [6, 6.07) is 15.0. The van der Waals surface area contributed by atoms with Gasteiger partial charge >= 0.3 is 0 Å². The lowest BCUT2D eigenvalue weighted by atomic mass is 10.2. The maximum atomic E-state index is 13.7. The Balaban J connectivity index is 1.59. The van der Waals surface area contributed by atoms with Crippen LogP contribution < -0.4 is 4.74 Å². The first-order valence-electron chi connectivity index (χ1n) is 10.1. The highest BCUT2D eigenvalue weighted by molar-refractivity contribution is 7.89. The Hall–Kier alpha value is -3.23. The first-order chi connectivity index (χ1) is 15.0. The molecule has 0 saturated carbocycles. The van der Waals surface area contributed by atoms with Crippen LogP contribution in [0.2, 0.25) is 0 Å². The van der Waals surface area contributed by atoms with E-state index in [2.05, 4.69) is 4.98 Å². The van der Waals surface area contributed by atoms with Gasteiger partial charge in [-0.15, -0.1) is 0 Å². The molecule has 1 saturated heterocycles. The number of benzene rings is 2. The fourth-order valence-electron chi connectivity index (χ4n) is 4.36. The lowest BCUT2D eigenvalue weighted by Crippen LogP contribution is -2.42. The number of hydrogen-bond donors (Lipinski definition) is 0. The maximum Gasteiger partial charge on any atom is 0.250 e. The van der Waals surface area contributed by atoms with Crippen LogP contribution in [0.4, 0.5) is 0 Å². The highest BCUT2D eigenvalue weighted by atomic mass is 32.2. The fraction of sp³-hybridized carbons (Fsp3) is 0.217. The van der Waals surface area contributed by atoms with E-state index < -0.39 is 16.1 Å². The van der Waals surface area contributed by atoms with Crippen molar-refractivity contribution in [1.82, 2.24) is 13.9 Å². The summed E-state index contributed by atoms with van der Waals surface area (Å²) < 4.78 is 34.8. The van der Waals surface area contributed by atoms with Crippen LogP contribution in [-0.2, 0) is 10.0 Å². The number of carbonyl (C=O) groups excluding carboxylic acids is 1. The zero-order valence-corrected chi connectivity index (χ0v) is 17.7. The lowest BCUT2D eigenvalue weighted by molar-refractivity contribution is 0.0843. The number of aromatic nitrogens is 2. The molecule has 0 amide bonds. The number of pyridine rings is 1. The summed E-state index contributed by atoms with van der Waals surface area (Å²) in [7, 11) is -2.30. The number of rotatable bonds is 4. The number of sulfonamides is 1.